The normalized spacial score (nSPS) is 14.1. The van der Waals surface area contributed by atoms with Crippen molar-refractivity contribution in [3.8, 4) is 0 Å². The van der Waals surface area contributed by atoms with Crippen molar-refractivity contribution in [2.75, 3.05) is 11.4 Å². The molecule has 0 bridgehead atoms. The molecular formula is C10H10KNS2. The number of hydrogen-bond acceptors (Lipinski definition) is 2. The zero-order chi connectivity index (χ0) is 9.26. The minimum Gasteiger partial charge on any atom is -0.411 e. The van der Waals surface area contributed by atoms with Crippen molar-refractivity contribution in [3.05, 3.63) is 29.8 Å². The van der Waals surface area contributed by atoms with Gasteiger partial charge >= 0.3 is 51.4 Å². The standard InChI is InChI=1S/C10H11NS2.K/c12-10(13)11-7-3-5-8-4-1-2-6-9(8)11;/h1-2,4,6H,3,5,7H2,(H,12,13);/q;+1/p-1. The van der Waals surface area contributed by atoms with E-state index in [1.165, 1.54) is 11.3 Å². The average Bonchev–Trinajstić information content (AvgIpc) is 2.17. The predicted octanol–water partition coefficient (Wildman–Crippen LogP) is -0.725. The van der Waals surface area contributed by atoms with Crippen LogP contribution in [0.1, 0.15) is 12.0 Å². The summed E-state index contributed by atoms with van der Waals surface area (Å²) in [5.41, 5.74) is 2.56. The summed E-state index contributed by atoms with van der Waals surface area (Å²) in [4.78, 5) is 2.05. The Kier molecular flexibility index (Phi) is 5.48. The van der Waals surface area contributed by atoms with Crippen LogP contribution in [-0.4, -0.2) is 10.9 Å². The molecule has 0 aromatic heterocycles. The van der Waals surface area contributed by atoms with Crippen molar-refractivity contribution in [1.82, 2.24) is 0 Å². The van der Waals surface area contributed by atoms with Gasteiger partial charge < -0.3 is 29.7 Å². The summed E-state index contributed by atoms with van der Waals surface area (Å²) in [6.45, 7) is 0.972. The van der Waals surface area contributed by atoms with Crippen molar-refractivity contribution in [1.29, 1.82) is 0 Å². The van der Waals surface area contributed by atoms with Crippen molar-refractivity contribution < 1.29 is 51.4 Å². The molecule has 0 spiro atoms. The Morgan fingerprint density at radius 2 is 2.07 bits per heavy atom. The fraction of sp³-hybridized carbons (Fsp3) is 0.300. The Labute approximate surface area is 138 Å². The second kappa shape index (κ2) is 5.89. The predicted molar refractivity (Wildman–Crippen MR) is 62.1 cm³/mol. The molecule has 1 heterocycles. The summed E-state index contributed by atoms with van der Waals surface area (Å²) in [6.07, 6.45) is 2.29. The molecule has 1 aromatic rings. The van der Waals surface area contributed by atoms with Gasteiger partial charge in [0.15, 0.2) is 0 Å². The third-order valence-corrected chi connectivity index (χ3v) is 2.77. The fourth-order valence-corrected chi connectivity index (χ4v) is 2.10. The van der Waals surface area contributed by atoms with E-state index in [9.17, 15) is 0 Å². The number of aryl methyl sites for hydroxylation is 1. The van der Waals surface area contributed by atoms with E-state index in [-0.39, 0.29) is 51.4 Å². The molecule has 0 saturated carbocycles. The minimum absolute atomic E-state index is 0. The van der Waals surface area contributed by atoms with Crippen molar-refractivity contribution in [2.45, 2.75) is 12.8 Å². The largest absolute Gasteiger partial charge is 1.00 e. The molecule has 0 atom stereocenters. The smallest absolute Gasteiger partial charge is 0.411 e. The van der Waals surface area contributed by atoms with Gasteiger partial charge in [-0.25, -0.2) is 0 Å². The molecule has 4 heteroatoms. The first kappa shape index (κ1) is 13.0. The van der Waals surface area contributed by atoms with Gasteiger partial charge in [0.2, 0.25) is 0 Å². The van der Waals surface area contributed by atoms with Crippen LogP contribution in [-0.2, 0) is 19.0 Å². The van der Waals surface area contributed by atoms with Gasteiger partial charge in [0.25, 0.3) is 0 Å². The first-order chi connectivity index (χ1) is 6.29. The SMILES string of the molecule is S=C([S-])N1CCCc2ccccc21.[K+]. The third kappa shape index (κ3) is 2.75. The molecule has 1 aliphatic heterocycles. The first-order valence-corrected chi connectivity index (χ1v) is 5.17. The zero-order valence-electron chi connectivity index (χ0n) is 8.19. The molecule has 1 aliphatic rings. The molecule has 14 heavy (non-hydrogen) atoms. The Balaban J connectivity index is 0.000000980. The zero-order valence-corrected chi connectivity index (χ0v) is 13.0. The maximum Gasteiger partial charge on any atom is 1.00 e. The number of fused-ring (bicyclic) bond motifs is 1. The molecule has 1 aromatic carbocycles. The Morgan fingerprint density at radius 1 is 1.36 bits per heavy atom. The van der Waals surface area contributed by atoms with Gasteiger partial charge in [0.1, 0.15) is 0 Å². The van der Waals surface area contributed by atoms with Crippen LogP contribution in [0, 0.1) is 0 Å². The second-order valence-electron chi connectivity index (χ2n) is 3.15. The third-order valence-electron chi connectivity index (χ3n) is 2.33. The van der Waals surface area contributed by atoms with Crippen LogP contribution in [0.5, 0.6) is 0 Å². The molecule has 0 N–H and O–H groups in total. The molecule has 0 aliphatic carbocycles. The fourth-order valence-electron chi connectivity index (χ4n) is 1.72. The number of thiocarbonyl (C=S) groups is 1. The molecule has 0 radical (unpaired) electrons. The van der Waals surface area contributed by atoms with Gasteiger partial charge in [-0.1, -0.05) is 22.5 Å². The van der Waals surface area contributed by atoms with E-state index in [2.05, 4.69) is 18.2 Å². The first-order valence-electron chi connectivity index (χ1n) is 4.35. The molecule has 1 nitrogen and oxygen atoms in total. The summed E-state index contributed by atoms with van der Waals surface area (Å²) in [5, 5.41) is 0. The maximum absolute atomic E-state index is 5.03. The van der Waals surface area contributed by atoms with Gasteiger partial charge in [-0.15, -0.1) is 0 Å². The summed E-state index contributed by atoms with van der Waals surface area (Å²) in [7, 11) is 0. The van der Waals surface area contributed by atoms with E-state index >= 15 is 0 Å². The summed E-state index contributed by atoms with van der Waals surface area (Å²) in [6, 6.07) is 8.34. The van der Waals surface area contributed by atoms with Crippen LogP contribution in [0.15, 0.2) is 24.3 Å². The van der Waals surface area contributed by atoms with Crippen molar-refractivity contribution in [2.24, 2.45) is 0 Å². The molecule has 0 fully saturated rings. The van der Waals surface area contributed by atoms with Gasteiger partial charge in [0.05, 0.1) is 0 Å². The van der Waals surface area contributed by atoms with E-state index in [1.807, 2.05) is 11.0 Å². The summed E-state index contributed by atoms with van der Waals surface area (Å²) >= 11 is 10.1. The van der Waals surface area contributed by atoms with E-state index in [0.717, 1.165) is 19.4 Å². The molecule has 0 amide bonds. The van der Waals surface area contributed by atoms with Crippen LogP contribution >= 0.6 is 12.2 Å². The average molecular weight is 247 g/mol. The molecule has 2 rings (SSSR count). The quantitative estimate of drug-likeness (QED) is 0.338. The topological polar surface area (TPSA) is 3.24 Å². The van der Waals surface area contributed by atoms with Crippen LogP contribution in [0.4, 0.5) is 5.69 Å². The number of rotatable bonds is 0. The second-order valence-corrected chi connectivity index (χ2v) is 4.18. The Hall–Kier alpha value is 0.966. The molecular weight excluding hydrogens is 237 g/mol. The van der Waals surface area contributed by atoms with Crippen LogP contribution < -0.4 is 56.3 Å². The number of para-hydroxylation sites is 1. The van der Waals surface area contributed by atoms with Crippen molar-refractivity contribution >= 4 is 34.9 Å². The van der Waals surface area contributed by atoms with E-state index in [1.54, 1.807) is 0 Å². The molecule has 0 unspecified atom stereocenters. The van der Waals surface area contributed by atoms with Crippen LogP contribution in [0.25, 0.3) is 0 Å². The van der Waals surface area contributed by atoms with Crippen LogP contribution in [0.3, 0.4) is 0 Å². The Morgan fingerprint density at radius 3 is 2.79 bits per heavy atom. The van der Waals surface area contributed by atoms with E-state index < -0.39 is 0 Å². The number of hydrogen-bond donors (Lipinski definition) is 0. The van der Waals surface area contributed by atoms with Gasteiger partial charge in [-0.05, 0) is 24.5 Å². The van der Waals surface area contributed by atoms with Crippen molar-refractivity contribution in [3.63, 3.8) is 0 Å². The number of anilines is 1. The van der Waals surface area contributed by atoms with Gasteiger partial charge in [-0.2, -0.15) is 0 Å². The van der Waals surface area contributed by atoms with Gasteiger partial charge in [0, 0.05) is 12.2 Å². The van der Waals surface area contributed by atoms with E-state index in [4.69, 9.17) is 24.8 Å². The monoisotopic (exact) mass is 247 g/mol. The van der Waals surface area contributed by atoms with E-state index in [0.29, 0.717) is 4.32 Å². The Bertz CT molecular complexity index is 341. The number of nitrogens with zero attached hydrogens (tertiary/aromatic N) is 1. The number of benzene rings is 1. The maximum atomic E-state index is 5.03. The van der Waals surface area contributed by atoms with Gasteiger partial charge in [-0.3, -0.25) is 0 Å². The minimum atomic E-state index is 0. The molecule has 0 saturated heterocycles. The molecule has 68 valence electrons. The summed E-state index contributed by atoms with van der Waals surface area (Å²) in [5.74, 6) is 0. The summed E-state index contributed by atoms with van der Waals surface area (Å²) < 4.78 is 0.562. The van der Waals surface area contributed by atoms with Crippen LogP contribution in [0.2, 0.25) is 0 Å².